The van der Waals surface area contributed by atoms with E-state index in [9.17, 15) is 4.79 Å². The van der Waals surface area contributed by atoms with E-state index in [2.05, 4.69) is 20.4 Å². The van der Waals surface area contributed by atoms with Crippen LogP contribution in [0.25, 0.3) is 33.8 Å². The molecule has 0 bridgehead atoms. The molecule has 1 N–H and O–H groups in total. The Labute approximate surface area is 182 Å². The van der Waals surface area contributed by atoms with E-state index in [0.717, 1.165) is 11.3 Å². The fraction of sp³-hybridized carbons (Fsp3) is 0.0833. The number of hydrogen-bond acceptors (Lipinski definition) is 7. The SMILES string of the molecule is COc1cccc(-c2nc(-c3noc4ccc(C(=O)Nc5cccnc5C)cc34)co2)c1. The third-order valence-electron chi connectivity index (χ3n) is 5.05. The van der Waals surface area contributed by atoms with Gasteiger partial charge in [-0.15, -0.1) is 0 Å². The zero-order valence-corrected chi connectivity index (χ0v) is 17.3. The summed E-state index contributed by atoms with van der Waals surface area (Å²) < 4.78 is 16.4. The lowest BCUT2D eigenvalue weighted by atomic mass is 10.1. The molecule has 158 valence electrons. The van der Waals surface area contributed by atoms with E-state index in [1.165, 1.54) is 6.26 Å². The Morgan fingerprint density at radius 1 is 1.09 bits per heavy atom. The number of anilines is 1. The summed E-state index contributed by atoms with van der Waals surface area (Å²) in [7, 11) is 1.60. The number of methoxy groups -OCH3 is 1. The van der Waals surface area contributed by atoms with Crippen molar-refractivity contribution in [2.45, 2.75) is 6.92 Å². The first-order valence-electron chi connectivity index (χ1n) is 9.85. The highest BCUT2D eigenvalue weighted by Gasteiger charge is 2.18. The molecule has 5 aromatic rings. The molecule has 8 nitrogen and oxygen atoms in total. The van der Waals surface area contributed by atoms with Crippen molar-refractivity contribution in [1.82, 2.24) is 15.1 Å². The molecule has 0 unspecified atom stereocenters. The molecule has 0 radical (unpaired) electrons. The number of pyridine rings is 1. The molecule has 0 spiro atoms. The number of aryl methyl sites for hydroxylation is 1. The predicted molar refractivity (Wildman–Crippen MR) is 118 cm³/mol. The predicted octanol–water partition coefficient (Wildman–Crippen LogP) is 5.11. The molecule has 1 amide bonds. The van der Waals surface area contributed by atoms with Gasteiger partial charge in [-0.25, -0.2) is 4.98 Å². The molecule has 2 aromatic carbocycles. The summed E-state index contributed by atoms with van der Waals surface area (Å²) in [6.07, 6.45) is 3.19. The van der Waals surface area contributed by atoms with Gasteiger partial charge in [0, 0.05) is 17.3 Å². The molecule has 0 aliphatic carbocycles. The van der Waals surface area contributed by atoms with Crippen LogP contribution in [0.15, 0.2) is 76.0 Å². The summed E-state index contributed by atoms with van der Waals surface area (Å²) in [4.78, 5) is 21.5. The molecule has 0 aliphatic heterocycles. The summed E-state index contributed by atoms with van der Waals surface area (Å²) in [5.41, 5.74) is 4.16. The lowest BCUT2D eigenvalue weighted by Gasteiger charge is -2.07. The lowest BCUT2D eigenvalue weighted by Crippen LogP contribution is -2.13. The van der Waals surface area contributed by atoms with Gasteiger partial charge in [-0.05, 0) is 55.5 Å². The van der Waals surface area contributed by atoms with Crippen molar-refractivity contribution in [3.05, 3.63) is 78.3 Å². The van der Waals surface area contributed by atoms with Crippen molar-refractivity contribution in [3.63, 3.8) is 0 Å². The van der Waals surface area contributed by atoms with Crippen LogP contribution in [-0.4, -0.2) is 28.1 Å². The average Bonchev–Trinajstić information content (AvgIpc) is 3.47. The number of hydrogen-bond donors (Lipinski definition) is 1. The second kappa shape index (κ2) is 7.99. The number of rotatable bonds is 5. The van der Waals surface area contributed by atoms with Gasteiger partial charge in [0.2, 0.25) is 5.89 Å². The van der Waals surface area contributed by atoms with Gasteiger partial charge in [0.05, 0.1) is 23.9 Å². The topological polar surface area (TPSA) is 103 Å². The minimum absolute atomic E-state index is 0.257. The quantitative estimate of drug-likeness (QED) is 0.416. The number of nitrogens with zero attached hydrogens (tertiary/aromatic N) is 3. The van der Waals surface area contributed by atoms with Gasteiger partial charge in [-0.1, -0.05) is 11.2 Å². The summed E-state index contributed by atoms with van der Waals surface area (Å²) in [5.74, 6) is 0.872. The summed E-state index contributed by atoms with van der Waals surface area (Å²) in [6.45, 7) is 1.83. The first-order valence-corrected chi connectivity index (χ1v) is 9.85. The number of carbonyl (C=O) groups excluding carboxylic acids is 1. The van der Waals surface area contributed by atoms with Crippen LogP contribution in [0.1, 0.15) is 16.1 Å². The maximum absolute atomic E-state index is 12.8. The molecular formula is C24H18N4O4. The van der Waals surface area contributed by atoms with Gasteiger partial charge in [0.1, 0.15) is 23.4 Å². The van der Waals surface area contributed by atoms with Crippen LogP contribution in [-0.2, 0) is 0 Å². The van der Waals surface area contributed by atoms with Crippen LogP contribution < -0.4 is 10.1 Å². The fourth-order valence-electron chi connectivity index (χ4n) is 3.35. The standard InChI is InChI=1S/C24H18N4O4/c1-14-19(7-4-10-25-14)26-23(29)15-8-9-21-18(12-15)22(28-32-21)20-13-31-24(27-20)16-5-3-6-17(11-16)30-2/h3-13H,1-2H3,(H,26,29). The Morgan fingerprint density at radius 2 is 2.00 bits per heavy atom. The van der Waals surface area contributed by atoms with Gasteiger partial charge < -0.3 is 19.0 Å². The zero-order valence-electron chi connectivity index (χ0n) is 17.3. The minimum Gasteiger partial charge on any atom is -0.497 e. The minimum atomic E-state index is -0.257. The van der Waals surface area contributed by atoms with Crippen molar-refractivity contribution < 1.29 is 18.5 Å². The highest BCUT2D eigenvalue weighted by Crippen LogP contribution is 2.31. The molecule has 3 aromatic heterocycles. The van der Waals surface area contributed by atoms with E-state index in [4.69, 9.17) is 13.7 Å². The maximum atomic E-state index is 12.8. The monoisotopic (exact) mass is 426 g/mol. The zero-order chi connectivity index (χ0) is 22.1. The van der Waals surface area contributed by atoms with Crippen molar-refractivity contribution in [2.24, 2.45) is 0 Å². The molecule has 0 atom stereocenters. The number of oxazole rings is 1. The highest BCUT2D eigenvalue weighted by atomic mass is 16.5. The molecule has 0 saturated heterocycles. The molecule has 5 rings (SSSR count). The van der Waals surface area contributed by atoms with Crippen molar-refractivity contribution >= 4 is 22.6 Å². The maximum Gasteiger partial charge on any atom is 0.255 e. The Bertz CT molecular complexity index is 1440. The third-order valence-corrected chi connectivity index (χ3v) is 5.05. The third kappa shape index (κ3) is 3.58. The van der Waals surface area contributed by atoms with Crippen molar-refractivity contribution in [3.8, 4) is 28.6 Å². The van der Waals surface area contributed by atoms with Gasteiger partial charge in [0.15, 0.2) is 5.58 Å². The number of aromatic nitrogens is 3. The van der Waals surface area contributed by atoms with E-state index in [-0.39, 0.29) is 5.91 Å². The molecular weight excluding hydrogens is 408 g/mol. The van der Waals surface area contributed by atoms with E-state index in [0.29, 0.717) is 45.2 Å². The van der Waals surface area contributed by atoms with E-state index < -0.39 is 0 Å². The number of amides is 1. The van der Waals surface area contributed by atoms with Gasteiger partial charge in [-0.3, -0.25) is 9.78 Å². The highest BCUT2D eigenvalue weighted by molar-refractivity contribution is 6.07. The van der Waals surface area contributed by atoms with Gasteiger partial charge >= 0.3 is 0 Å². The largest absolute Gasteiger partial charge is 0.497 e. The van der Waals surface area contributed by atoms with Crippen LogP contribution in [0.4, 0.5) is 5.69 Å². The average molecular weight is 426 g/mol. The van der Waals surface area contributed by atoms with E-state index in [1.807, 2.05) is 31.2 Å². The first-order chi connectivity index (χ1) is 15.6. The number of ether oxygens (including phenoxy) is 1. The van der Waals surface area contributed by atoms with Crippen LogP contribution in [0.2, 0.25) is 0 Å². The van der Waals surface area contributed by atoms with Crippen LogP contribution in [0, 0.1) is 6.92 Å². The van der Waals surface area contributed by atoms with Crippen LogP contribution >= 0.6 is 0 Å². The molecule has 0 saturated carbocycles. The molecule has 0 fully saturated rings. The van der Waals surface area contributed by atoms with Gasteiger partial charge in [0.25, 0.3) is 5.91 Å². The smallest absolute Gasteiger partial charge is 0.255 e. The van der Waals surface area contributed by atoms with Crippen LogP contribution in [0.5, 0.6) is 5.75 Å². The molecule has 3 heterocycles. The first kappa shape index (κ1) is 19.5. The molecule has 0 aliphatic rings. The van der Waals surface area contributed by atoms with Crippen LogP contribution in [0.3, 0.4) is 0 Å². The van der Waals surface area contributed by atoms with Gasteiger partial charge in [-0.2, -0.15) is 0 Å². The lowest BCUT2D eigenvalue weighted by molar-refractivity contribution is 0.102. The fourth-order valence-corrected chi connectivity index (χ4v) is 3.35. The number of carbonyl (C=O) groups is 1. The Hall–Kier alpha value is -4.46. The Kier molecular flexibility index (Phi) is 4.87. The second-order valence-corrected chi connectivity index (χ2v) is 7.10. The normalized spacial score (nSPS) is 10.9. The number of benzene rings is 2. The van der Waals surface area contributed by atoms with Crippen molar-refractivity contribution in [2.75, 3.05) is 12.4 Å². The number of nitrogens with one attached hydrogen (secondary N) is 1. The molecule has 32 heavy (non-hydrogen) atoms. The van der Waals surface area contributed by atoms with E-state index in [1.54, 1.807) is 43.6 Å². The summed E-state index contributed by atoms with van der Waals surface area (Å²) in [5, 5.41) is 7.68. The van der Waals surface area contributed by atoms with E-state index >= 15 is 0 Å². The second-order valence-electron chi connectivity index (χ2n) is 7.10. The Morgan fingerprint density at radius 3 is 2.84 bits per heavy atom. The molecule has 8 heteroatoms. The number of fused-ring (bicyclic) bond motifs is 1. The Balaban J connectivity index is 1.47. The summed E-state index contributed by atoms with van der Waals surface area (Å²) in [6, 6.07) is 16.1. The van der Waals surface area contributed by atoms with Crippen molar-refractivity contribution in [1.29, 1.82) is 0 Å². The summed E-state index contributed by atoms with van der Waals surface area (Å²) >= 11 is 0.